The number of hydrogen-bond donors (Lipinski definition) is 1. The van der Waals surface area contributed by atoms with E-state index in [1.807, 2.05) is 24.3 Å². The first-order chi connectivity index (χ1) is 10.6. The SMILES string of the molecule is CCc1cccc(OCC(=O)Nc2ccc(C(C)=O)cc2)c1. The van der Waals surface area contributed by atoms with Crippen LogP contribution in [-0.4, -0.2) is 18.3 Å². The molecular formula is C18H19NO3. The van der Waals surface area contributed by atoms with E-state index >= 15 is 0 Å². The quantitative estimate of drug-likeness (QED) is 0.831. The van der Waals surface area contributed by atoms with Gasteiger partial charge in [0.05, 0.1) is 0 Å². The minimum absolute atomic E-state index is 0.00276. The number of aryl methyl sites for hydroxylation is 1. The maximum Gasteiger partial charge on any atom is 0.262 e. The maximum atomic E-state index is 11.9. The Morgan fingerprint density at radius 2 is 1.82 bits per heavy atom. The molecule has 0 radical (unpaired) electrons. The fourth-order valence-electron chi connectivity index (χ4n) is 1.99. The zero-order valence-electron chi connectivity index (χ0n) is 12.8. The van der Waals surface area contributed by atoms with Gasteiger partial charge in [-0.15, -0.1) is 0 Å². The molecule has 1 N–H and O–H groups in total. The Bertz CT molecular complexity index is 662. The Balaban J connectivity index is 1.88. The molecule has 2 aromatic carbocycles. The van der Waals surface area contributed by atoms with Crippen LogP contribution in [0.4, 0.5) is 5.69 Å². The van der Waals surface area contributed by atoms with E-state index in [0.717, 1.165) is 12.0 Å². The summed E-state index contributed by atoms with van der Waals surface area (Å²) in [6.07, 6.45) is 0.923. The molecule has 0 aliphatic carbocycles. The van der Waals surface area contributed by atoms with Gasteiger partial charge in [-0.3, -0.25) is 9.59 Å². The summed E-state index contributed by atoms with van der Waals surface area (Å²) in [5, 5.41) is 2.73. The van der Waals surface area contributed by atoms with Crippen LogP contribution < -0.4 is 10.1 Å². The van der Waals surface area contributed by atoms with Crippen molar-refractivity contribution in [1.82, 2.24) is 0 Å². The zero-order valence-corrected chi connectivity index (χ0v) is 12.8. The number of Topliss-reactive ketones (excluding diaryl/α,β-unsaturated/α-hetero) is 1. The highest BCUT2D eigenvalue weighted by atomic mass is 16.5. The van der Waals surface area contributed by atoms with Gasteiger partial charge in [-0.05, 0) is 55.3 Å². The molecule has 4 nitrogen and oxygen atoms in total. The van der Waals surface area contributed by atoms with E-state index in [2.05, 4.69) is 12.2 Å². The minimum Gasteiger partial charge on any atom is -0.484 e. The molecule has 1 amide bonds. The smallest absolute Gasteiger partial charge is 0.262 e. The van der Waals surface area contributed by atoms with Crippen molar-refractivity contribution in [2.45, 2.75) is 20.3 Å². The lowest BCUT2D eigenvalue weighted by atomic mass is 10.1. The number of amides is 1. The lowest BCUT2D eigenvalue weighted by molar-refractivity contribution is -0.118. The summed E-state index contributed by atoms with van der Waals surface area (Å²) in [7, 11) is 0. The number of nitrogens with one attached hydrogen (secondary N) is 1. The van der Waals surface area contributed by atoms with Crippen LogP contribution in [0.15, 0.2) is 48.5 Å². The molecule has 0 aromatic heterocycles. The van der Waals surface area contributed by atoms with Crippen LogP contribution in [0.1, 0.15) is 29.8 Å². The molecule has 0 unspecified atom stereocenters. The average Bonchev–Trinajstić information content (AvgIpc) is 2.53. The van der Waals surface area contributed by atoms with Crippen LogP contribution in [-0.2, 0) is 11.2 Å². The van der Waals surface area contributed by atoms with Gasteiger partial charge in [-0.1, -0.05) is 19.1 Å². The van der Waals surface area contributed by atoms with E-state index in [1.54, 1.807) is 24.3 Å². The topological polar surface area (TPSA) is 55.4 Å². The Morgan fingerprint density at radius 1 is 1.09 bits per heavy atom. The van der Waals surface area contributed by atoms with Crippen molar-refractivity contribution in [2.75, 3.05) is 11.9 Å². The second-order valence-corrected chi connectivity index (χ2v) is 4.97. The van der Waals surface area contributed by atoms with E-state index in [0.29, 0.717) is 17.0 Å². The maximum absolute atomic E-state index is 11.9. The van der Waals surface area contributed by atoms with E-state index in [9.17, 15) is 9.59 Å². The molecular weight excluding hydrogens is 278 g/mol. The minimum atomic E-state index is -0.238. The summed E-state index contributed by atoms with van der Waals surface area (Å²) in [5.74, 6) is 0.441. The molecule has 22 heavy (non-hydrogen) atoms. The molecule has 0 saturated heterocycles. The van der Waals surface area contributed by atoms with Crippen LogP contribution in [0.3, 0.4) is 0 Å². The van der Waals surface area contributed by atoms with Gasteiger partial charge in [-0.25, -0.2) is 0 Å². The Morgan fingerprint density at radius 3 is 2.45 bits per heavy atom. The Hall–Kier alpha value is -2.62. The average molecular weight is 297 g/mol. The van der Waals surface area contributed by atoms with Crippen molar-refractivity contribution in [3.05, 3.63) is 59.7 Å². The summed E-state index contributed by atoms with van der Waals surface area (Å²) in [6, 6.07) is 14.4. The van der Waals surface area contributed by atoms with E-state index in [1.165, 1.54) is 6.92 Å². The second-order valence-electron chi connectivity index (χ2n) is 4.97. The molecule has 2 aromatic rings. The number of carbonyl (C=O) groups is 2. The predicted octanol–water partition coefficient (Wildman–Crippen LogP) is 3.47. The van der Waals surface area contributed by atoms with E-state index in [-0.39, 0.29) is 18.3 Å². The van der Waals surface area contributed by atoms with Crippen molar-refractivity contribution in [3.8, 4) is 5.75 Å². The Labute approximate surface area is 130 Å². The first kappa shape index (κ1) is 15.8. The number of rotatable bonds is 6. The second kappa shape index (κ2) is 7.41. The zero-order chi connectivity index (χ0) is 15.9. The number of ether oxygens (including phenoxy) is 1. The van der Waals surface area contributed by atoms with Crippen molar-refractivity contribution in [2.24, 2.45) is 0 Å². The number of carbonyl (C=O) groups excluding carboxylic acids is 2. The summed E-state index contributed by atoms with van der Waals surface area (Å²) in [5.41, 5.74) is 2.42. The fraction of sp³-hybridized carbons (Fsp3) is 0.222. The van der Waals surface area contributed by atoms with Crippen LogP contribution in [0.2, 0.25) is 0 Å². The first-order valence-corrected chi connectivity index (χ1v) is 7.21. The lowest BCUT2D eigenvalue weighted by Gasteiger charge is -2.08. The lowest BCUT2D eigenvalue weighted by Crippen LogP contribution is -2.20. The summed E-state index contributed by atoms with van der Waals surface area (Å²) in [6.45, 7) is 3.52. The van der Waals surface area contributed by atoms with Gasteiger partial charge in [0, 0.05) is 11.3 Å². The largest absolute Gasteiger partial charge is 0.484 e. The molecule has 0 saturated carbocycles. The van der Waals surface area contributed by atoms with Gasteiger partial charge in [0.15, 0.2) is 12.4 Å². The molecule has 2 rings (SSSR count). The van der Waals surface area contributed by atoms with E-state index < -0.39 is 0 Å². The molecule has 0 fully saturated rings. The monoisotopic (exact) mass is 297 g/mol. The van der Waals surface area contributed by atoms with Crippen molar-refractivity contribution >= 4 is 17.4 Å². The van der Waals surface area contributed by atoms with Crippen molar-refractivity contribution in [3.63, 3.8) is 0 Å². The highest BCUT2D eigenvalue weighted by Crippen LogP contribution is 2.14. The van der Waals surface area contributed by atoms with Crippen LogP contribution in [0.25, 0.3) is 0 Å². The number of benzene rings is 2. The normalized spacial score (nSPS) is 10.1. The third-order valence-corrected chi connectivity index (χ3v) is 3.25. The molecule has 0 heterocycles. The van der Waals surface area contributed by atoms with Gasteiger partial charge < -0.3 is 10.1 Å². The molecule has 0 bridgehead atoms. The number of ketones is 1. The molecule has 0 atom stereocenters. The summed E-state index contributed by atoms with van der Waals surface area (Å²) in [4.78, 5) is 23.0. The van der Waals surface area contributed by atoms with Gasteiger partial charge in [0.2, 0.25) is 0 Å². The molecule has 0 aliphatic heterocycles. The van der Waals surface area contributed by atoms with E-state index in [4.69, 9.17) is 4.74 Å². The molecule has 4 heteroatoms. The molecule has 0 aliphatic rings. The highest BCUT2D eigenvalue weighted by Gasteiger charge is 2.05. The van der Waals surface area contributed by atoms with Crippen LogP contribution in [0.5, 0.6) is 5.75 Å². The molecule has 0 spiro atoms. The fourth-order valence-corrected chi connectivity index (χ4v) is 1.99. The Kier molecular flexibility index (Phi) is 5.31. The van der Waals surface area contributed by atoms with Crippen molar-refractivity contribution < 1.29 is 14.3 Å². The van der Waals surface area contributed by atoms with Gasteiger partial charge >= 0.3 is 0 Å². The predicted molar refractivity (Wildman–Crippen MR) is 86.4 cm³/mol. The van der Waals surface area contributed by atoms with Crippen LogP contribution >= 0.6 is 0 Å². The summed E-state index contributed by atoms with van der Waals surface area (Å²) < 4.78 is 5.48. The van der Waals surface area contributed by atoms with Crippen LogP contribution in [0, 0.1) is 0 Å². The highest BCUT2D eigenvalue weighted by molar-refractivity contribution is 5.95. The third kappa shape index (κ3) is 4.45. The summed E-state index contributed by atoms with van der Waals surface area (Å²) >= 11 is 0. The number of hydrogen-bond acceptors (Lipinski definition) is 3. The standard InChI is InChI=1S/C18H19NO3/c1-3-14-5-4-6-17(11-14)22-12-18(21)19-16-9-7-15(8-10-16)13(2)20/h4-11H,3,12H2,1-2H3,(H,19,21). The van der Waals surface area contributed by atoms with Gasteiger partial charge in [-0.2, -0.15) is 0 Å². The first-order valence-electron chi connectivity index (χ1n) is 7.21. The van der Waals surface area contributed by atoms with Gasteiger partial charge in [0.1, 0.15) is 5.75 Å². The van der Waals surface area contributed by atoms with Crippen molar-refractivity contribution in [1.29, 1.82) is 0 Å². The third-order valence-electron chi connectivity index (χ3n) is 3.25. The molecule has 114 valence electrons. The number of anilines is 1. The van der Waals surface area contributed by atoms with Gasteiger partial charge in [0.25, 0.3) is 5.91 Å².